The highest BCUT2D eigenvalue weighted by Gasteiger charge is 2.72. The zero-order valence-corrected chi connectivity index (χ0v) is 28.6. The number of hydrogen-bond donors (Lipinski definition) is 2. The predicted octanol–water partition coefficient (Wildman–Crippen LogP) is 4.27. The molecular formula is C35H42F3N7O5. The van der Waals surface area contributed by atoms with Crippen molar-refractivity contribution in [2.24, 2.45) is 11.3 Å². The van der Waals surface area contributed by atoms with Crippen molar-refractivity contribution in [3.05, 3.63) is 41.6 Å². The van der Waals surface area contributed by atoms with Crippen molar-refractivity contribution in [3.63, 3.8) is 0 Å². The van der Waals surface area contributed by atoms with E-state index in [0.29, 0.717) is 36.0 Å². The molecule has 0 spiro atoms. The van der Waals surface area contributed by atoms with E-state index in [1.165, 1.54) is 18.7 Å². The van der Waals surface area contributed by atoms with E-state index in [1.807, 2.05) is 19.1 Å². The molecule has 3 aliphatic rings. The van der Waals surface area contributed by atoms with Gasteiger partial charge in [0, 0.05) is 60.7 Å². The summed E-state index contributed by atoms with van der Waals surface area (Å²) in [7, 11) is 0. The molecule has 50 heavy (non-hydrogen) atoms. The lowest BCUT2D eigenvalue weighted by atomic mass is 9.95. The zero-order chi connectivity index (χ0) is 36.0. The second kappa shape index (κ2) is 13.7. The number of alkyl halides is 3. The van der Waals surface area contributed by atoms with E-state index < -0.39 is 42.3 Å². The van der Waals surface area contributed by atoms with E-state index in [4.69, 9.17) is 0 Å². The van der Waals surface area contributed by atoms with E-state index >= 15 is 0 Å². The first kappa shape index (κ1) is 35.4. The molecule has 6 rings (SSSR count). The number of aromatic nitrogens is 4. The lowest BCUT2D eigenvalue weighted by Gasteiger charge is -2.29. The highest BCUT2D eigenvalue weighted by molar-refractivity contribution is 6.07. The molecule has 2 aromatic heterocycles. The number of nitrogens with one attached hydrogen (secondary N) is 2. The predicted molar refractivity (Wildman–Crippen MR) is 176 cm³/mol. The second-order valence-corrected chi connectivity index (χ2v) is 14.0. The smallest absolute Gasteiger partial charge is 0.355 e. The molecule has 2 bridgehead atoms. The summed E-state index contributed by atoms with van der Waals surface area (Å²) in [5.41, 5.74) is 2.75. The van der Waals surface area contributed by atoms with Gasteiger partial charge in [-0.3, -0.25) is 28.6 Å². The molecule has 1 aliphatic carbocycles. The molecule has 2 N–H and O–H groups in total. The Morgan fingerprint density at radius 3 is 2.48 bits per heavy atom. The molecule has 3 aromatic rings. The van der Waals surface area contributed by atoms with Crippen LogP contribution in [0.1, 0.15) is 81.2 Å². The number of carbonyl (C=O) groups excluding carboxylic acids is 4. The largest absolute Gasteiger partial charge is 0.522 e. The third kappa shape index (κ3) is 7.10. The highest BCUT2D eigenvalue weighted by atomic mass is 19.4. The van der Waals surface area contributed by atoms with Crippen LogP contribution in [0, 0.1) is 18.3 Å². The third-order valence-electron chi connectivity index (χ3n) is 10.4. The number of halogens is 3. The number of aryl methyl sites for hydroxylation is 2. The Kier molecular flexibility index (Phi) is 9.72. The fourth-order valence-corrected chi connectivity index (χ4v) is 7.83. The van der Waals surface area contributed by atoms with Gasteiger partial charge in [-0.15, -0.1) is 13.2 Å². The molecule has 1 unspecified atom stereocenters. The minimum atomic E-state index is -4.85. The van der Waals surface area contributed by atoms with Crippen molar-refractivity contribution in [1.29, 1.82) is 0 Å². The Morgan fingerprint density at radius 1 is 1.10 bits per heavy atom. The highest BCUT2D eigenvalue weighted by Crippen LogP contribution is 2.64. The molecule has 268 valence electrons. The van der Waals surface area contributed by atoms with Crippen LogP contribution in [0.15, 0.2) is 24.5 Å². The molecule has 4 heterocycles. The monoisotopic (exact) mass is 697 g/mol. The maximum absolute atomic E-state index is 14.4. The number of hydrogen-bond acceptors (Lipinski definition) is 8. The van der Waals surface area contributed by atoms with Crippen LogP contribution in [0.25, 0.3) is 22.0 Å². The first-order valence-corrected chi connectivity index (χ1v) is 17.1. The number of ether oxygens (including phenoxy) is 1. The van der Waals surface area contributed by atoms with Gasteiger partial charge in [0.25, 0.3) is 0 Å². The summed E-state index contributed by atoms with van der Waals surface area (Å²) < 4.78 is 43.5. The Balaban J connectivity index is 1.39. The maximum Gasteiger partial charge on any atom is 0.522 e. The van der Waals surface area contributed by atoms with E-state index in [1.54, 1.807) is 24.0 Å². The zero-order valence-electron chi connectivity index (χ0n) is 28.6. The lowest BCUT2D eigenvalue weighted by molar-refractivity contribution is -0.326. The Labute approximate surface area is 287 Å². The van der Waals surface area contributed by atoms with Crippen LogP contribution in [-0.2, 0) is 32.1 Å². The van der Waals surface area contributed by atoms with Crippen molar-refractivity contribution in [2.45, 2.75) is 104 Å². The molecule has 1 aromatic carbocycles. The van der Waals surface area contributed by atoms with Gasteiger partial charge in [-0.05, 0) is 68.7 Å². The molecule has 0 radical (unpaired) electrons. The van der Waals surface area contributed by atoms with Crippen molar-refractivity contribution in [2.75, 3.05) is 13.2 Å². The number of Topliss-reactive ketones (excluding diaryl/α,β-unsaturated/α-hetero) is 1. The van der Waals surface area contributed by atoms with Crippen LogP contribution in [0.3, 0.4) is 0 Å². The van der Waals surface area contributed by atoms with Gasteiger partial charge in [-0.25, -0.2) is 9.97 Å². The lowest BCUT2D eigenvalue weighted by Crippen LogP contribution is -2.52. The van der Waals surface area contributed by atoms with Crippen LogP contribution in [0.2, 0.25) is 0 Å². The van der Waals surface area contributed by atoms with Crippen molar-refractivity contribution in [1.82, 2.24) is 35.3 Å². The summed E-state index contributed by atoms with van der Waals surface area (Å²) in [5, 5.41) is 10.9. The van der Waals surface area contributed by atoms with Crippen molar-refractivity contribution in [3.8, 4) is 11.1 Å². The summed E-state index contributed by atoms with van der Waals surface area (Å²) in [6, 6.07) is 1.51. The topological polar surface area (TPSA) is 148 Å². The average molecular weight is 698 g/mol. The molecular weight excluding hydrogens is 655 g/mol. The summed E-state index contributed by atoms with van der Waals surface area (Å²) in [5.74, 6) is -0.815. The Morgan fingerprint density at radius 2 is 1.80 bits per heavy atom. The van der Waals surface area contributed by atoms with Gasteiger partial charge < -0.3 is 15.5 Å². The number of carbonyl (C=O) groups is 4. The SMILES string of the molecule is CC(=O)c1nn2c3c(cc(-c4cnc(C)nc4)cc13)CCCCCCC(=O)NC[C@@]13C[C@@H](C(=O)N[C@@H](C)COC(F)(F)F)N(C(=O)C2)C1[C@@H]3C. The molecule has 2 aliphatic heterocycles. The van der Waals surface area contributed by atoms with Crippen molar-refractivity contribution >= 4 is 34.4 Å². The first-order chi connectivity index (χ1) is 23.7. The van der Waals surface area contributed by atoms with E-state index in [2.05, 4.69) is 30.4 Å². The number of piperidine rings is 1. The number of nitrogens with zero attached hydrogens (tertiary/aromatic N) is 5. The standard InChI is InChI=1S/C35H42F3N7O5/c1-19(17-50-35(36,37)38)42-33(49)27-13-34-18-41-28(47)10-8-6-5-7-9-23-11-24(25-14-39-22(4)40-15-25)12-26-30(21(3)46)43-44(31(23)26)16-29(48)45(27)32(34)20(34)2/h11-12,14-15,19-20,27,32H,5-10,13,16-18H2,1-4H3,(H,41,47)(H,42,49)/t19-,20-,27-,32?,34+/m0/s1. The number of ketones is 1. The number of rotatable bonds is 6. The molecule has 2 fully saturated rings. The quantitative estimate of drug-likeness (QED) is 0.363. The first-order valence-electron chi connectivity index (χ1n) is 17.1. The average Bonchev–Trinajstić information content (AvgIpc) is 3.32. The maximum atomic E-state index is 14.4. The molecule has 15 heteroatoms. The Hall–Kier alpha value is -4.40. The molecule has 3 amide bonds. The van der Waals surface area contributed by atoms with E-state index in [0.717, 1.165) is 36.0 Å². The summed E-state index contributed by atoms with van der Waals surface area (Å²) in [6.45, 7) is 5.79. The van der Waals surface area contributed by atoms with Gasteiger partial charge in [0.2, 0.25) is 17.7 Å². The van der Waals surface area contributed by atoms with Gasteiger partial charge in [0.1, 0.15) is 24.1 Å². The van der Waals surface area contributed by atoms with Crippen LogP contribution in [0.5, 0.6) is 0 Å². The Bertz CT molecular complexity index is 1810. The van der Waals surface area contributed by atoms with Crippen LogP contribution >= 0.6 is 0 Å². The molecule has 1 saturated heterocycles. The van der Waals surface area contributed by atoms with Gasteiger partial charge in [0.05, 0.1) is 12.1 Å². The fraction of sp³-hybridized carbons (Fsp3) is 0.571. The van der Waals surface area contributed by atoms with E-state index in [-0.39, 0.29) is 48.9 Å². The number of benzene rings is 1. The second-order valence-electron chi connectivity index (χ2n) is 14.0. The van der Waals surface area contributed by atoms with Gasteiger partial charge in [-0.1, -0.05) is 19.8 Å². The number of amides is 3. The fourth-order valence-electron chi connectivity index (χ4n) is 7.83. The van der Waals surface area contributed by atoms with E-state index in [9.17, 15) is 32.3 Å². The minimum Gasteiger partial charge on any atom is -0.355 e. The summed E-state index contributed by atoms with van der Waals surface area (Å²) in [4.78, 5) is 64.0. The molecule has 1 saturated carbocycles. The third-order valence-corrected chi connectivity index (χ3v) is 10.4. The van der Waals surface area contributed by atoms with Gasteiger partial charge in [-0.2, -0.15) is 5.10 Å². The summed E-state index contributed by atoms with van der Waals surface area (Å²) >= 11 is 0. The van der Waals surface area contributed by atoms with Gasteiger partial charge in [0.15, 0.2) is 5.78 Å². The summed E-state index contributed by atoms with van der Waals surface area (Å²) in [6.07, 6.45) is 3.00. The molecule has 12 nitrogen and oxygen atoms in total. The molecule has 5 atom stereocenters. The van der Waals surface area contributed by atoms with Gasteiger partial charge >= 0.3 is 6.36 Å². The van der Waals surface area contributed by atoms with Crippen LogP contribution in [-0.4, -0.2) is 85.8 Å². The normalized spacial score (nSPS) is 25.1. The van der Waals surface area contributed by atoms with Crippen molar-refractivity contribution < 1.29 is 37.1 Å². The van der Waals surface area contributed by atoms with Crippen LogP contribution < -0.4 is 10.6 Å². The minimum absolute atomic E-state index is 0.0438. The van der Waals surface area contributed by atoms with Crippen LogP contribution in [0.4, 0.5) is 13.2 Å².